The Morgan fingerprint density at radius 3 is 2.48 bits per heavy atom. The summed E-state index contributed by atoms with van der Waals surface area (Å²) in [7, 11) is 1.66. The second-order valence-corrected chi connectivity index (χ2v) is 7.75. The predicted octanol–water partition coefficient (Wildman–Crippen LogP) is 3.80. The van der Waals surface area contributed by atoms with E-state index in [4.69, 9.17) is 10.5 Å². The summed E-state index contributed by atoms with van der Waals surface area (Å²) in [5, 5.41) is 0. The third-order valence-corrected chi connectivity index (χ3v) is 5.98. The molecule has 2 atom stereocenters. The van der Waals surface area contributed by atoms with Gasteiger partial charge in [0.25, 0.3) is 0 Å². The van der Waals surface area contributed by atoms with Crippen molar-refractivity contribution in [3.05, 3.63) is 60.2 Å². The van der Waals surface area contributed by atoms with Gasteiger partial charge in [0, 0.05) is 36.1 Å². The van der Waals surface area contributed by atoms with E-state index < -0.39 is 0 Å². The van der Waals surface area contributed by atoms with Crippen molar-refractivity contribution in [1.82, 2.24) is 4.90 Å². The van der Waals surface area contributed by atoms with Crippen molar-refractivity contribution in [2.24, 2.45) is 11.7 Å². The summed E-state index contributed by atoms with van der Waals surface area (Å²) in [6, 6.07) is 18.4. The van der Waals surface area contributed by atoms with Gasteiger partial charge in [-0.05, 0) is 42.3 Å². The highest BCUT2D eigenvalue weighted by Gasteiger charge is 2.34. The molecule has 0 unspecified atom stereocenters. The molecule has 0 saturated carbocycles. The third kappa shape index (κ3) is 5.64. The molecule has 0 radical (unpaired) electrons. The van der Waals surface area contributed by atoms with Gasteiger partial charge in [-0.25, -0.2) is 0 Å². The Kier molecular flexibility index (Phi) is 8.48. The maximum Gasteiger partial charge on any atom is 0.223 e. The van der Waals surface area contributed by atoms with Crippen LogP contribution in [0.4, 0.5) is 0 Å². The predicted molar refractivity (Wildman–Crippen MR) is 114 cm³/mol. The lowest BCUT2D eigenvalue weighted by atomic mass is 9.89. The van der Waals surface area contributed by atoms with Crippen molar-refractivity contribution in [3.63, 3.8) is 0 Å². The van der Waals surface area contributed by atoms with Crippen molar-refractivity contribution in [2.45, 2.75) is 17.2 Å². The fourth-order valence-corrected chi connectivity index (χ4v) is 4.32. The van der Waals surface area contributed by atoms with E-state index >= 15 is 0 Å². The third-order valence-electron chi connectivity index (χ3n) is 4.97. The quantitative estimate of drug-likeness (QED) is 0.710. The minimum Gasteiger partial charge on any atom is -0.497 e. The van der Waals surface area contributed by atoms with Gasteiger partial charge >= 0.3 is 0 Å². The number of thioether (sulfide) groups is 1. The van der Waals surface area contributed by atoms with Crippen LogP contribution in [0.1, 0.15) is 17.9 Å². The zero-order chi connectivity index (χ0) is 18.4. The first kappa shape index (κ1) is 21.6. The Balaban J connectivity index is 0.00000261. The number of hydrogen-bond acceptors (Lipinski definition) is 4. The van der Waals surface area contributed by atoms with Gasteiger partial charge in [-0.2, -0.15) is 0 Å². The van der Waals surface area contributed by atoms with Crippen LogP contribution < -0.4 is 10.5 Å². The molecule has 0 spiro atoms. The van der Waals surface area contributed by atoms with Crippen molar-refractivity contribution < 1.29 is 9.53 Å². The zero-order valence-corrected chi connectivity index (χ0v) is 17.2. The van der Waals surface area contributed by atoms with Crippen LogP contribution in [0.25, 0.3) is 0 Å². The van der Waals surface area contributed by atoms with Crippen molar-refractivity contribution in [2.75, 3.05) is 32.5 Å². The van der Waals surface area contributed by atoms with Crippen LogP contribution >= 0.6 is 24.2 Å². The molecule has 1 saturated heterocycles. The molecule has 1 heterocycles. The van der Waals surface area contributed by atoms with E-state index in [-0.39, 0.29) is 18.3 Å². The number of amides is 1. The summed E-state index contributed by atoms with van der Waals surface area (Å²) in [6.45, 7) is 2.16. The van der Waals surface area contributed by atoms with Crippen LogP contribution in [-0.4, -0.2) is 43.3 Å². The average molecular weight is 407 g/mol. The van der Waals surface area contributed by atoms with Gasteiger partial charge < -0.3 is 15.4 Å². The number of methoxy groups -OCH3 is 1. The first-order valence-corrected chi connectivity index (χ1v) is 9.99. The Bertz CT molecular complexity index is 712. The van der Waals surface area contributed by atoms with Gasteiger partial charge in [0.05, 0.1) is 7.11 Å². The van der Waals surface area contributed by atoms with Gasteiger partial charge in [-0.1, -0.05) is 30.3 Å². The van der Waals surface area contributed by atoms with Gasteiger partial charge in [-0.3, -0.25) is 4.79 Å². The van der Waals surface area contributed by atoms with Gasteiger partial charge in [-0.15, -0.1) is 24.2 Å². The molecule has 0 bridgehead atoms. The largest absolute Gasteiger partial charge is 0.497 e. The van der Waals surface area contributed by atoms with Crippen molar-refractivity contribution in [3.8, 4) is 5.75 Å². The van der Waals surface area contributed by atoms with E-state index in [1.54, 1.807) is 18.9 Å². The summed E-state index contributed by atoms with van der Waals surface area (Å²) >= 11 is 1.70. The molecule has 1 aliphatic heterocycles. The lowest BCUT2D eigenvalue weighted by Crippen LogP contribution is -2.30. The number of hydrogen-bond donors (Lipinski definition) is 1. The molecular formula is C21H27ClN2O2S. The van der Waals surface area contributed by atoms with Crippen LogP contribution in [0.5, 0.6) is 5.75 Å². The SMILES string of the molecule is COc1ccc(SCCC(=O)N2C[C@@H](CN)[C@H](c3ccccc3)C2)cc1.Cl. The normalized spacial score (nSPS) is 18.8. The molecule has 1 amide bonds. The Morgan fingerprint density at radius 1 is 1.15 bits per heavy atom. The number of nitrogens with zero attached hydrogens (tertiary/aromatic N) is 1. The summed E-state index contributed by atoms with van der Waals surface area (Å²) < 4.78 is 5.17. The molecule has 146 valence electrons. The average Bonchev–Trinajstić information content (AvgIpc) is 3.14. The summed E-state index contributed by atoms with van der Waals surface area (Å²) in [5.41, 5.74) is 7.25. The zero-order valence-electron chi connectivity index (χ0n) is 15.5. The molecule has 27 heavy (non-hydrogen) atoms. The van der Waals surface area contributed by atoms with E-state index in [0.717, 1.165) is 29.5 Å². The highest BCUT2D eigenvalue weighted by atomic mass is 35.5. The second kappa shape index (κ2) is 10.6. The second-order valence-electron chi connectivity index (χ2n) is 6.59. The van der Waals surface area contributed by atoms with Crippen LogP contribution in [0.2, 0.25) is 0 Å². The molecule has 0 aliphatic carbocycles. The highest BCUT2D eigenvalue weighted by molar-refractivity contribution is 7.99. The number of carbonyl (C=O) groups is 1. The topological polar surface area (TPSA) is 55.6 Å². The van der Waals surface area contributed by atoms with Gasteiger partial charge in [0.15, 0.2) is 0 Å². The molecule has 2 aromatic rings. The summed E-state index contributed by atoms with van der Waals surface area (Å²) in [4.78, 5) is 15.8. The number of benzene rings is 2. The number of nitrogens with two attached hydrogens (primary N) is 1. The number of halogens is 1. The molecule has 4 nitrogen and oxygen atoms in total. The van der Waals surface area contributed by atoms with Crippen molar-refractivity contribution in [1.29, 1.82) is 0 Å². The van der Waals surface area contributed by atoms with E-state index in [2.05, 4.69) is 24.3 Å². The Labute approximate surface area is 171 Å². The standard InChI is InChI=1S/C21H26N2O2S.ClH/c1-25-18-7-9-19(10-8-18)26-12-11-21(24)23-14-17(13-22)20(15-23)16-5-3-2-4-6-16;/h2-10,17,20H,11-15,22H2,1H3;1H/t17-,20+;/m1./s1. The fraction of sp³-hybridized carbons (Fsp3) is 0.381. The summed E-state index contributed by atoms with van der Waals surface area (Å²) in [6.07, 6.45) is 0.551. The van der Waals surface area contributed by atoms with Crippen molar-refractivity contribution >= 4 is 30.1 Å². The molecular weight excluding hydrogens is 380 g/mol. The Hall–Kier alpha value is -1.69. The molecule has 3 rings (SSSR count). The van der Waals surface area contributed by atoms with Crippen LogP contribution in [0, 0.1) is 5.92 Å². The Morgan fingerprint density at radius 2 is 1.85 bits per heavy atom. The number of ether oxygens (including phenoxy) is 1. The summed E-state index contributed by atoms with van der Waals surface area (Å²) in [5.74, 6) is 2.55. The molecule has 6 heteroatoms. The van der Waals surface area contributed by atoms with E-state index in [0.29, 0.717) is 24.8 Å². The number of rotatable bonds is 7. The minimum atomic E-state index is 0. The van der Waals surface area contributed by atoms with E-state index in [1.165, 1.54) is 5.56 Å². The van der Waals surface area contributed by atoms with Crippen LogP contribution in [0.15, 0.2) is 59.5 Å². The first-order valence-electron chi connectivity index (χ1n) is 9.01. The first-order chi connectivity index (χ1) is 12.7. The van der Waals surface area contributed by atoms with Gasteiger partial charge in [0.1, 0.15) is 5.75 Å². The lowest BCUT2D eigenvalue weighted by Gasteiger charge is -2.17. The smallest absolute Gasteiger partial charge is 0.223 e. The fourth-order valence-electron chi connectivity index (χ4n) is 3.48. The molecule has 2 aromatic carbocycles. The minimum absolute atomic E-state index is 0. The maximum absolute atomic E-state index is 12.6. The van der Waals surface area contributed by atoms with Crippen LogP contribution in [-0.2, 0) is 4.79 Å². The molecule has 2 N–H and O–H groups in total. The number of carbonyl (C=O) groups excluding carboxylic acids is 1. The maximum atomic E-state index is 12.6. The molecule has 1 aliphatic rings. The van der Waals surface area contributed by atoms with E-state index in [9.17, 15) is 4.79 Å². The van der Waals surface area contributed by atoms with E-state index in [1.807, 2.05) is 35.2 Å². The lowest BCUT2D eigenvalue weighted by molar-refractivity contribution is -0.129. The number of likely N-dealkylation sites (tertiary alicyclic amines) is 1. The molecule has 1 fully saturated rings. The van der Waals surface area contributed by atoms with Gasteiger partial charge in [0.2, 0.25) is 5.91 Å². The monoisotopic (exact) mass is 406 g/mol. The van der Waals surface area contributed by atoms with Crippen LogP contribution in [0.3, 0.4) is 0 Å². The highest BCUT2D eigenvalue weighted by Crippen LogP contribution is 2.32. The molecule has 0 aromatic heterocycles.